The summed E-state index contributed by atoms with van der Waals surface area (Å²) in [5, 5.41) is 1.90. The number of thiophene rings is 1. The van der Waals surface area contributed by atoms with E-state index in [1.165, 1.54) is 17.5 Å². The monoisotopic (exact) mass is 353 g/mol. The summed E-state index contributed by atoms with van der Waals surface area (Å²) in [6.07, 6.45) is 1.27. The van der Waals surface area contributed by atoms with Gasteiger partial charge in [0.1, 0.15) is 10.6 Å². The van der Waals surface area contributed by atoms with Gasteiger partial charge in [0.15, 0.2) is 0 Å². The van der Waals surface area contributed by atoms with Crippen LogP contribution < -0.4 is 0 Å². The molecule has 0 saturated heterocycles. The molecule has 0 aliphatic carbocycles. The summed E-state index contributed by atoms with van der Waals surface area (Å²) in [6, 6.07) is 11.0. The Morgan fingerprint density at radius 1 is 1.12 bits per heavy atom. The maximum Gasteiger partial charge on any atom is 0.145 e. The molecule has 0 atom stereocenters. The average molecular weight is 353 g/mol. The number of nitrogens with zero attached hydrogens (tertiary/aromatic N) is 2. The first-order chi connectivity index (χ1) is 13.1. The van der Waals surface area contributed by atoms with Crippen LogP contribution in [0.1, 0.15) is 36.1 Å². The number of halogens is 1. The Morgan fingerprint density at radius 2 is 1.96 bits per heavy atom. The molecule has 0 amide bonds. The van der Waals surface area contributed by atoms with Crippen molar-refractivity contribution in [2.75, 3.05) is 0 Å². The number of hydrogen-bond donors (Lipinski definition) is 0. The van der Waals surface area contributed by atoms with Gasteiger partial charge in [-0.05, 0) is 36.0 Å². The third kappa shape index (κ3) is 2.71. The second-order valence-electron chi connectivity index (χ2n) is 7.13. The predicted molar refractivity (Wildman–Crippen MR) is 104 cm³/mol. The van der Waals surface area contributed by atoms with Crippen molar-refractivity contribution in [1.82, 2.24) is 9.97 Å². The summed E-state index contributed by atoms with van der Waals surface area (Å²) in [7, 11) is 0. The lowest BCUT2D eigenvalue weighted by Crippen LogP contribution is -2.14. The van der Waals surface area contributed by atoms with Gasteiger partial charge in [0.25, 0.3) is 0 Å². The van der Waals surface area contributed by atoms with E-state index in [1.807, 2.05) is 45.0 Å². The second-order valence-corrected chi connectivity index (χ2v) is 8.13. The molecule has 4 rings (SSSR count). The van der Waals surface area contributed by atoms with Crippen LogP contribution in [0.5, 0.6) is 0 Å². The summed E-state index contributed by atoms with van der Waals surface area (Å²) < 4.78 is 38.0. The van der Waals surface area contributed by atoms with Crippen molar-refractivity contribution >= 4 is 31.6 Å². The van der Waals surface area contributed by atoms with E-state index in [-0.39, 0.29) is 16.9 Å². The third-order valence-electron chi connectivity index (χ3n) is 4.30. The Kier molecular flexibility index (Phi) is 2.90. The van der Waals surface area contributed by atoms with E-state index in [0.717, 1.165) is 21.0 Å². The maximum absolute atomic E-state index is 14.3. The largest absolute Gasteiger partial charge is 0.253 e. The summed E-state index contributed by atoms with van der Waals surface area (Å²) in [5.74, 6) is -0.316. The van der Waals surface area contributed by atoms with Crippen molar-refractivity contribution in [1.29, 1.82) is 0 Å². The molecule has 2 nitrogen and oxygen atoms in total. The first kappa shape index (κ1) is 13.0. The van der Waals surface area contributed by atoms with Crippen LogP contribution in [0.4, 0.5) is 4.39 Å². The number of fused-ring (bicyclic) bond motifs is 3. The fraction of sp³-hybridized carbons (Fsp3) is 0.238. The number of aryl methyl sites for hydroxylation is 1. The van der Waals surface area contributed by atoms with Gasteiger partial charge in [-0.3, -0.25) is 4.98 Å². The molecule has 4 aromatic rings. The van der Waals surface area contributed by atoms with Crippen LogP contribution in [0.3, 0.4) is 0 Å². The van der Waals surface area contributed by atoms with Crippen LogP contribution in [-0.4, -0.2) is 9.97 Å². The molecule has 0 aliphatic rings. The average Bonchev–Trinajstić information content (AvgIpc) is 2.98. The highest BCUT2D eigenvalue weighted by atomic mass is 32.1. The number of benzene rings is 1. The van der Waals surface area contributed by atoms with Gasteiger partial charge in [0, 0.05) is 30.8 Å². The van der Waals surface area contributed by atoms with Crippen molar-refractivity contribution in [3.63, 3.8) is 0 Å². The molecule has 0 aliphatic heterocycles. The fourth-order valence-electron chi connectivity index (χ4n) is 3.04. The Labute approximate surface area is 154 Å². The third-order valence-corrected chi connectivity index (χ3v) is 5.45. The zero-order chi connectivity index (χ0) is 20.3. The molecule has 1 aromatic carbocycles. The van der Waals surface area contributed by atoms with Crippen LogP contribution in [0.25, 0.3) is 31.6 Å². The Morgan fingerprint density at radius 3 is 2.72 bits per heavy atom. The zero-order valence-corrected chi connectivity index (χ0v) is 15.0. The number of pyridine rings is 2. The molecule has 0 fully saturated rings. The zero-order valence-electron chi connectivity index (χ0n) is 17.2. The molecular formula is C21H19FN2S. The van der Waals surface area contributed by atoms with Gasteiger partial charge in [-0.25, -0.2) is 9.37 Å². The minimum absolute atomic E-state index is 0.0861. The fourth-order valence-corrected chi connectivity index (χ4v) is 4.24. The van der Waals surface area contributed by atoms with Gasteiger partial charge in [0.05, 0.1) is 11.9 Å². The van der Waals surface area contributed by atoms with E-state index in [4.69, 9.17) is 4.11 Å². The van der Waals surface area contributed by atoms with Crippen LogP contribution in [0.15, 0.2) is 42.6 Å². The van der Waals surface area contributed by atoms with E-state index in [0.29, 0.717) is 16.1 Å². The Balaban J connectivity index is 1.96. The SMILES string of the molecule is [2H]C([2H])([2H])c1ccc2c(n1)sc1c(-c3cc(C(C)(C)C)c(F)cn3)cccc12. The minimum atomic E-state index is -2.24. The lowest BCUT2D eigenvalue weighted by atomic mass is 9.86. The Hall–Kier alpha value is -2.33. The number of aromatic nitrogens is 2. The van der Waals surface area contributed by atoms with Crippen molar-refractivity contribution < 1.29 is 8.50 Å². The molecule has 0 N–H and O–H groups in total. The molecule has 25 heavy (non-hydrogen) atoms. The van der Waals surface area contributed by atoms with Crippen LogP contribution in [0, 0.1) is 12.7 Å². The number of rotatable bonds is 1. The molecule has 0 radical (unpaired) electrons. The molecule has 0 unspecified atom stereocenters. The normalized spacial score (nSPS) is 14.5. The molecule has 3 aromatic heterocycles. The smallest absolute Gasteiger partial charge is 0.145 e. The molecule has 0 spiro atoms. The first-order valence-electron chi connectivity index (χ1n) is 9.55. The summed E-state index contributed by atoms with van der Waals surface area (Å²) in [6.45, 7) is 3.66. The predicted octanol–water partition coefficient (Wildman–Crippen LogP) is 6.26. The summed E-state index contributed by atoms with van der Waals surface area (Å²) >= 11 is 1.44. The minimum Gasteiger partial charge on any atom is -0.253 e. The van der Waals surface area contributed by atoms with Gasteiger partial charge in [-0.15, -0.1) is 11.3 Å². The van der Waals surface area contributed by atoms with Crippen molar-refractivity contribution in [2.45, 2.75) is 33.0 Å². The molecular weight excluding hydrogens is 331 g/mol. The highest BCUT2D eigenvalue weighted by Crippen LogP contribution is 2.39. The van der Waals surface area contributed by atoms with Crippen molar-refractivity contribution in [2.24, 2.45) is 0 Å². The van der Waals surface area contributed by atoms with Gasteiger partial charge in [-0.2, -0.15) is 0 Å². The standard InChI is InChI=1S/C21H19FN2S/c1-12-8-9-14-13-6-5-7-15(19(13)25-20(14)24-12)18-10-16(21(2,3)4)17(22)11-23-18/h5-11H,1-4H3/i1D3. The summed E-state index contributed by atoms with van der Waals surface area (Å²) in [4.78, 5) is 9.36. The van der Waals surface area contributed by atoms with E-state index in [2.05, 4.69) is 9.97 Å². The van der Waals surface area contributed by atoms with Crippen molar-refractivity contribution in [3.05, 3.63) is 59.7 Å². The van der Waals surface area contributed by atoms with E-state index in [9.17, 15) is 4.39 Å². The van der Waals surface area contributed by atoms with Gasteiger partial charge in [-0.1, -0.05) is 39.0 Å². The molecule has 3 heterocycles. The lowest BCUT2D eigenvalue weighted by molar-refractivity contribution is 0.519. The first-order valence-corrected chi connectivity index (χ1v) is 8.86. The molecule has 0 bridgehead atoms. The van der Waals surface area contributed by atoms with Crippen LogP contribution >= 0.6 is 11.3 Å². The molecule has 4 heteroatoms. The van der Waals surface area contributed by atoms with Gasteiger partial charge >= 0.3 is 0 Å². The summed E-state index contributed by atoms with van der Waals surface area (Å²) in [5.41, 5.74) is 1.94. The van der Waals surface area contributed by atoms with Gasteiger partial charge < -0.3 is 0 Å². The van der Waals surface area contributed by atoms with E-state index in [1.54, 1.807) is 12.1 Å². The van der Waals surface area contributed by atoms with Crippen molar-refractivity contribution in [3.8, 4) is 11.3 Å². The number of hydrogen-bond acceptors (Lipinski definition) is 3. The second kappa shape index (κ2) is 5.60. The Bertz CT molecular complexity index is 1210. The van der Waals surface area contributed by atoms with Crippen LogP contribution in [0.2, 0.25) is 0 Å². The maximum atomic E-state index is 14.3. The quantitative estimate of drug-likeness (QED) is 0.404. The van der Waals surface area contributed by atoms with E-state index < -0.39 is 6.85 Å². The molecule has 0 saturated carbocycles. The van der Waals surface area contributed by atoms with Gasteiger partial charge in [0.2, 0.25) is 0 Å². The van der Waals surface area contributed by atoms with E-state index >= 15 is 0 Å². The van der Waals surface area contributed by atoms with Crippen LogP contribution in [-0.2, 0) is 5.41 Å². The lowest BCUT2D eigenvalue weighted by Gasteiger charge is -2.20. The highest BCUT2D eigenvalue weighted by Gasteiger charge is 2.21. The molecule has 126 valence electrons. The topological polar surface area (TPSA) is 25.8 Å². The highest BCUT2D eigenvalue weighted by molar-refractivity contribution is 7.26.